The molecule has 0 spiro atoms. The smallest absolute Gasteiger partial charge is 0.338 e. The molecule has 7 nitrogen and oxygen atoms in total. The Labute approximate surface area is 109 Å². The van der Waals surface area contributed by atoms with Gasteiger partial charge in [-0.25, -0.2) is 4.98 Å². The van der Waals surface area contributed by atoms with Crippen LogP contribution in [0.2, 0.25) is 0 Å². The second-order valence-corrected chi connectivity index (χ2v) is 3.78. The monoisotopic (exact) mass is 288 g/mol. The molecule has 0 aliphatic rings. The minimum atomic E-state index is -4.71. The van der Waals surface area contributed by atoms with Gasteiger partial charge in [0.05, 0.1) is 10.6 Å². The molecule has 1 N–H and O–H groups in total. The van der Waals surface area contributed by atoms with E-state index in [1.165, 1.54) is 6.07 Å². The maximum Gasteiger partial charge on any atom is 0.433 e. The van der Waals surface area contributed by atoms with Gasteiger partial charge < -0.3 is 9.84 Å². The number of nitrogens with zero attached hydrogens (tertiary/aromatic N) is 3. The summed E-state index contributed by atoms with van der Waals surface area (Å²) in [7, 11) is 0. The summed E-state index contributed by atoms with van der Waals surface area (Å²) < 4.78 is 42.4. The molecule has 0 atom stereocenters. The van der Waals surface area contributed by atoms with Crippen molar-refractivity contribution in [3.8, 4) is 0 Å². The predicted molar refractivity (Wildman–Crippen MR) is 60.4 cm³/mol. The van der Waals surface area contributed by atoms with Crippen LogP contribution < -0.4 is 5.32 Å². The van der Waals surface area contributed by atoms with Crippen LogP contribution in [-0.4, -0.2) is 15.1 Å². The summed E-state index contributed by atoms with van der Waals surface area (Å²) in [6.07, 6.45) is -4.71. The summed E-state index contributed by atoms with van der Waals surface area (Å²) in [5.74, 6) is -0.613. The second kappa shape index (κ2) is 4.79. The topological polar surface area (TPSA) is 94.1 Å². The van der Waals surface area contributed by atoms with E-state index in [1.807, 2.05) is 0 Å². The van der Waals surface area contributed by atoms with Gasteiger partial charge in [-0.1, -0.05) is 5.16 Å². The Hall–Kier alpha value is -2.65. The van der Waals surface area contributed by atoms with Crippen molar-refractivity contribution in [2.45, 2.75) is 13.1 Å². The number of hydrogen-bond acceptors (Lipinski definition) is 6. The fourth-order valence-electron chi connectivity index (χ4n) is 1.39. The number of nitro groups is 1. The first kappa shape index (κ1) is 13.8. The molecule has 2 heterocycles. The van der Waals surface area contributed by atoms with E-state index in [4.69, 9.17) is 4.52 Å². The van der Waals surface area contributed by atoms with Gasteiger partial charge in [0, 0.05) is 12.1 Å². The van der Waals surface area contributed by atoms with Crippen molar-refractivity contribution in [2.24, 2.45) is 0 Å². The third-order valence-electron chi connectivity index (χ3n) is 2.23. The number of hydrogen-bond donors (Lipinski definition) is 1. The van der Waals surface area contributed by atoms with Crippen LogP contribution in [0, 0.1) is 17.0 Å². The van der Waals surface area contributed by atoms with Gasteiger partial charge in [-0.15, -0.1) is 0 Å². The molecular formula is C10H7F3N4O3. The van der Waals surface area contributed by atoms with Crippen molar-refractivity contribution in [1.29, 1.82) is 0 Å². The van der Waals surface area contributed by atoms with Gasteiger partial charge in [0.15, 0.2) is 0 Å². The zero-order valence-electron chi connectivity index (χ0n) is 9.93. The van der Waals surface area contributed by atoms with Crippen LogP contribution >= 0.6 is 0 Å². The number of aromatic nitrogens is 2. The summed E-state index contributed by atoms with van der Waals surface area (Å²) in [5, 5.41) is 16.6. The Morgan fingerprint density at radius 1 is 1.40 bits per heavy atom. The van der Waals surface area contributed by atoms with E-state index in [2.05, 4.69) is 15.5 Å². The molecule has 2 rings (SSSR count). The van der Waals surface area contributed by atoms with E-state index in [9.17, 15) is 23.3 Å². The molecule has 0 unspecified atom stereocenters. The minimum absolute atomic E-state index is 0.0441. The average Bonchev–Trinajstić information content (AvgIpc) is 2.73. The fraction of sp³-hybridized carbons (Fsp3) is 0.200. The fourth-order valence-corrected chi connectivity index (χ4v) is 1.39. The highest BCUT2D eigenvalue weighted by atomic mass is 19.4. The Bertz CT molecular complexity index is 653. The zero-order valence-corrected chi connectivity index (χ0v) is 9.93. The van der Waals surface area contributed by atoms with Crippen LogP contribution in [0.5, 0.6) is 0 Å². The first-order valence-corrected chi connectivity index (χ1v) is 5.20. The summed E-state index contributed by atoms with van der Waals surface area (Å²) in [5.41, 5.74) is -1.39. The van der Waals surface area contributed by atoms with Gasteiger partial charge >= 0.3 is 11.9 Å². The van der Waals surface area contributed by atoms with Gasteiger partial charge in [0.25, 0.3) is 0 Å². The molecule has 106 valence electrons. The van der Waals surface area contributed by atoms with Crippen LogP contribution in [0.1, 0.15) is 11.4 Å². The first-order valence-electron chi connectivity index (χ1n) is 5.20. The number of pyridine rings is 1. The Morgan fingerprint density at radius 3 is 2.60 bits per heavy atom. The third kappa shape index (κ3) is 2.84. The number of rotatable bonds is 3. The number of nitrogens with one attached hydrogen (secondary N) is 1. The highest BCUT2D eigenvalue weighted by Gasteiger charge is 2.34. The predicted octanol–water partition coefficient (Wildman–Crippen LogP) is 3.05. The van der Waals surface area contributed by atoms with E-state index in [-0.39, 0.29) is 5.88 Å². The summed E-state index contributed by atoms with van der Waals surface area (Å²) in [4.78, 5) is 13.1. The van der Waals surface area contributed by atoms with Crippen LogP contribution in [0.25, 0.3) is 0 Å². The van der Waals surface area contributed by atoms with E-state index in [0.717, 1.165) is 6.07 Å². The molecule has 2 aromatic heterocycles. The number of alkyl halides is 3. The van der Waals surface area contributed by atoms with Crippen molar-refractivity contribution >= 4 is 17.4 Å². The normalized spacial score (nSPS) is 11.4. The lowest BCUT2D eigenvalue weighted by Crippen LogP contribution is -2.10. The number of aryl methyl sites for hydroxylation is 1. The average molecular weight is 288 g/mol. The standard InChI is InChI=1S/C10H7F3N4O3/c1-5-4-8(20-16-5)15-9-6(17(18)19)2-3-7(14-9)10(11,12)13/h2-4H,1H3,(H,14,15). The summed E-state index contributed by atoms with van der Waals surface area (Å²) >= 11 is 0. The molecule has 0 saturated heterocycles. The van der Waals surface area contributed by atoms with Gasteiger partial charge in [-0.2, -0.15) is 13.2 Å². The molecular weight excluding hydrogens is 281 g/mol. The molecule has 10 heteroatoms. The van der Waals surface area contributed by atoms with E-state index >= 15 is 0 Å². The largest absolute Gasteiger partial charge is 0.433 e. The highest BCUT2D eigenvalue weighted by Crippen LogP contribution is 2.33. The number of halogens is 3. The Balaban J connectivity index is 2.44. The lowest BCUT2D eigenvalue weighted by molar-refractivity contribution is -0.384. The van der Waals surface area contributed by atoms with Gasteiger partial charge in [-0.05, 0) is 13.0 Å². The molecule has 0 fully saturated rings. The van der Waals surface area contributed by atoms with E-state index in [0.29, 0.717) is 11.8 Å². The van der Waals surface area contributed by atoms with Crippen molar-refractivity contribution < 1.29 is 22.6 Å². The van der Waals surface area contributed by atoms with E-state index in [1.54, 1.807) is 6.92 Å². The first-order chi connectivity index (χ1) is 9.27. The SMILES string of the molecule is Cc1cc(Nc2nc(C(F)(F)F)ccc2[N+](=O)[O-])on1. The van der Waals surface area contributed by atoms with Gasteiger partial charge in [0.2, 0.25) is 11.7 Å². The van der Waals surface area contributed by atoms with Gasteiger partial charge in [0.1, 0.15) is 5.69 Å². The van der Waals surface area contributed by atoms with Crippen molar-refractivity contribution in [3.05, 3.63) is 39.7 Å². The molecule has 0 radical (unpaired) electrons. The van der Waals surface area contributed by atoms with E-state index < -0.39 is 28.3 Å². The molecule has 2 aromatic rings. The molecule has 0 aliphatic carbocycles. The molecule has 20 heavy (non-hydrogen) atoms. The maximum atomic E-state index is 12.5. The molecule has 0 amide bonds. The van der Waals surface area contributed by atoms with Crippen molar-refractivity contribution in [2.75, 3.05) is 5.32 Å². The van der Waals surface area contributed by atoms with Crippen LogP contribution in [0.3, 0.4) is 0 Å². The zero-order chi connectivity index (χ0) is 14.9. The molecule has 0 saturated carbocycles. The third-order valence-corrected chi connectivity index (χ3v) is 2.23. The van der Waals surface area contributed by atoms with Crippen LogP contribution in [0.4, 0.5) is 30.6 Å². The highest BCUT2D eigenvalue weighted by molar-refractivity contribution is 5.62. The van der Waals surface area contributed by atoms with Gasteiger partial charge in [-0.3, -0.25) is 10.1 Å². The second-order valence-electron chi connectivity index (χ2n) is 3.78. The summed E-state index contributed by atoms with van der Waals surface area (Å²) in [6, 6.07) is 2.63. The molecule has 0 aliphatic heterocycles. The minimum Gasteiger partial charge on any atom is -0.338 e. The van der Waals surface area contributed by atoms with Crippen molar-refractivity contribution in [3.63, 3.8) is 0 Å². The maximum absolute atomic E-state index is 12.5. The Morgan fingerprint density at radius 2 is 2.10 bits per heavy atom. The van der Waals surface area contributed by atoms with Crippen LogP contribution in [0.15, 0.2) is 22.7 Å². The molecule has 0 bridgehead atoms. The lowest BCUT2D eigenvalue weighted by atomic mass is 10.3. The Kier molecular flexibility index (Phi) is 3.30. The number of anilines is 2. The summed E-state index contributed by atoms with van der Waals surface area (Å²) in [6.45, 7) is 1.59. The van der Waals surface area contributed by atoms with Crippen LogP contribution in [-0.2, 0) is 6.18 Å². The molecule has 0 aromatic carbocycles. The van der Waals surface area contributed by atoms with Crippen molar-refractivity contribution in [1.82, 2.24) is 10.1 Å². The lowest BCUT2D eigenvalue weighted by Gasteiger charge is -2.08. The quantitative estimate of drug-likeness (QED) is 0.689.